The van der Waals surface area contributed by atoms with Crippen molar-refractivity contribution in [3.8, 4) is 11.1 Å². The number of hydrogen-bond acceptors (Lipinski definition) is 8. The SMILES string of the molecule is CCNC(=O)NCc1cccc(-c2cccc([C@@H]3O[C@H](CN4CCN(c5ccc([N+](=O)[O-])cc5)CC4)[C@H](C)[C@H](c4ccc(CO)cc4)O3)c2)c1. The minimum atomic E-state index is -0.595. The van der Waals surface area contributed by atoms with Crippen LogP contribution < -0.4 is 15.5 Å². The van der Waals surface area contributed by atoms with Crippen LogP contribution in [0, 0.1) is 16.0 Å². The van der Waals surface area contributed by atoms with Crippen molar-refractivity contribution in [1.82, 2.24) is 15.5 Å². The van der Waals surface area contributed by atoms with Crippen LogP contribution in [0.5, 0.6) is 0 Å². The average Bonchev–Trinajstić information content (AvgIpc) is 3.15. The van der Waals surface area contributed by atoms with Crippen molar-refractivity contribution in [2.45, 2.75) is 45.5 Å². The molecule has 0 unspecified atom stereocenters. The van der Waals surface area contributed by atoms with E-state index in [9.17, 15) is 20.0 Å². The van der Waals surface area contributed by atoms with E-state index >= 15 is 0 Å². The fourth-order valence-corrected chi connectivity index (χ4v) is 6.69. The zero-order valence-corrected chi connectivity index (χ0v) is 28.5. The fourth-order valence-electron chi connectivity index (χ4n) is 6.69. The van der Waals surface area contributed by atoms with E-state index in [0.29, 0.717) is 13.1 Å². The number of anilines is 1. The number of aliphatic hydroxyl groups excluding tert-OH is 1. The molecule has 4 atom stereocenters. The normalized spacial score (nSPS) is 21.1. The molecule has 262 valence electrons. The lowest BCUT2D eigenvalue weighted by Crippen LogP contribution is -2.51. The van der Waals surface area contributed by atoms with E-state index in [-0.39, 0.29) is 41.4 Å². The van der Waals surface area contributed by atoms with Crippen molar-refractivity contribution in [3.63, 3.8) is 0 Å². The van der Waals surface area contributed by atoms with Crippen LogP contribution in [0.25, 0.3) is 11.1 Å². The molecule has 4 aromatic carbocycles. The monoisotopic (exact) mass is 679 g/mol. The Hall–Kier alpha value is -4.81. The molecule has 2 aliphatic heterocycles. The number of urea groups is 1. The first-order valence-corrected chi connectivity index (χ1v) is 17.2. The van der Waals surface area contributed by atoms with Gasteiger partial charge in [-0.1, -0.05) is 67.6 Å². The van der Waals surface area contributed by atoms with E-state index < -0.39 is 6.29 Å². The molecule has 0 bridgehead atoms. The Bertz CT molecular complexity index is 1740. The van der Waals surface area contributed by atoms with Crippen LogP contribution in [0.2, 0.25) is 0 Å². The molecule has 0 aliphatic carbocycles. The summed E-state index contributed by atoms with van der Waals surface area (Å²) in [6.45, 7) is 9.07. The predicted octanol–water partition coefficient (Wildman–Crippen LogP) is 6.19. The first kappa shape index (κ1) is 35.0. The molecule has 0 aromatic heterocycles. The summed E-state index contributed by atoms with van der Waals surface area (Å²) < 4.78 is 13.6. The average molecular weight is 680 g/mol. The standard InChI is InChI=1S/C39H45N5O6/c1-3-40-39(46)41-24-29-6-4-7-31(22-29)32-8-5-9-33(23-32)38-49-36(27(2)37(50-38)30-12-10-28(26-45)11-13-30)25-42-18-20-43(21-19-42)34-14-16-35(17-15-34)44(47)48/h4-17,22-23,27,36-38,45H,3,18-21,24-26H2,1-2H3,(H2,40,41,46)/t27-,36+,37+,38+/m0/s1. The number of piperazine rings is 1. The van der Waals surface area contributed by atoms with E-state index in [4.69, 9.17) is 9.47 Å². The molecule has 6 rings (SSSR count). The number of nitro groups is 1. The molecular formula is C39H45N5O6. The first-order valence-electron chi connectivity index (χ1n) is 17.2. The number of benzene rings is 4. The van der Waals surface area contributed by atoms with Gasteiger partial charge in [0.05, 0.1) is 23.7 Å². The lowest BCUT2D eigenvalue weighted by atomic mass is 9.89. The van der Waals surface area contributed by atoms with Crippen molar-refractivity contribution in [2.75, 3.05) is 44.2 Å². The predicted molar refractivity (Wildman–Crippen MR) is 193 cm³/mol. The zero-order chi connectivity index (χ0) is 35.0. The smallest absolute Gasteiger partial charge is 0.315 e. The van der Waals surface area contributed by atoms with Gasteiger partial charge >= 0.3 is 6.03 Å². The zero-order valence-electron chi connectivity index (χ0n) is 28.5. The Labute approximate surface area is 293 Å². The Balaban J connectivity index is 1.19. The summed E-state index contributed by atoms with van der Waals surface area (Å²) in [7, 11) is 0. The molecule has 2 saturated heterocycles. The highest BCUT2D eigenvalue weighted by molar-refractivity contribution is 5.74. The Kier molecular flexibility index (Phi) is 11.4. The fraction of sp³-hybridized carbons (Fsp3) is 0.359. The summed E-state index contributed by atoms with van der Waals surface area (Å²) in [5, 5.41) is 26.4. The first-order chi connectivity index (χ1) is 24.3. The van der Waals surface area contributed by atoms with Crippen LogP contribution >= 0.6 is 0 Å². The minimum Gasteiger partial charge on any atom is -0.392 e. The minimum absolute atomic E-state index is 0.0163. The van der Waals surface area contributed by atoms with Gasteiger partial charge in [0, 0.05) is 75.1 Å². The third-order valence-electron chi connectivity index (χ3n) is 9.57. The molecule has 2 heterocycles. The van der Waals surface area contributed by atoms with Crippen LogP contribution in [0.1, 0.15) is 48.5 Å². The number of nitro benzene ring substituents is 1. The molecule has 11 heteroatoms. The molecule has 50 heavy (non-hydrogen) atoms. The van der Waals surface area contributed by atoms with Crippen LogP contribution in [0.4, 0.5) is 16.2 Å². The molecule has 2 aliphatic rings. The number of rotatable bonds is 11. The molecule has 0 spiro atoms. The van der Waals surface area contributed by atoms with Crippen molar-refractivity contribution < 1.29 is 24.3 Å². The number of carbonyl (C=O) groups is 1. The van der Waals surface area contributed by atoms with Crippen LogP contribution in [0.3, 0.4) is 0 Å². The summed E-state index contributed by atoms with van der Waals surface area (Å²) in [6.07, 6.45) is -0.933. The topological polar surface area (TPSA) is 129 Å². The maximum atomic E-state index is 11.9. The molecule has 2 amide bonds. The Morgan fingerprint density at radius 1 is 0.860 bits per heavy atom. The van der Waals surface area contributed by atoms with Gasteiger partial charge in [0.1, 0.15) is 0 Å². The summed E-state index contributed by atoms with van der Waals surface area (Å²) in [5.41, 5.74) is 6.95. The lowest BCUT2D eigenvalue weighted by Gasteiger charge is -2.44. The van der Waals surface area contributed by atoms with Crippen LogP contribution in [-0.2, 0) is 22.6 Å². The van der Waals surface area contributed by atoms with Crippen LogP contribution in [0.15, 0.2) is 97.1 Å². The second-order valence-corrected chi connectivity index (χ2v) is 12.9. The van der Waals surface area contributed by atoms with Gasteiger partial charge in [-0.25, -0.2) is 4.79 Å². The van der Waals surface area contributed by atoms with Gasteiger partial charge in [0.15, 0.2) is 6.29 Å². The number of hydrogen-bond donors (Lipinski definition) is 3. The Morgan fingerprint density at radius 3 is 2.24 bits per heavy atom. The number of amides is 2. The maximum Gasteiger partial charge on any atom is 0.315 e. The van der Waals surface area contributed by atoms with E-state index in [1.165, 1.54) is 0 Å². The van der Waals surface area contributed by atoms with Gasteiger partial charge in [0.2, 0.25) is 0 Å². The second kappa shape index (κ2) is 16.3. The number of non-ortho nitro benzene ring substituents is 1. The highest BCUT2D eigenvalue weighted by atomic mass is 16.7. The number of carbonyl (C=O) groups excluding carboxylic acids is 1. The molecule has 0 radical (unpaired) electrons. The summed E-state index contributed by atoms with van der Waals surface area (Å²) in [5.74, 6) is 0.0520. The molecule has 3 N–H and O–H groups in total. The van der Waals surface area contributed by atoms with E-state index in [1.807, 2.05) is 67.6 Å². The van der Waals surface area contributed by atoms with Crippen molar-refractivity contribution >= 4 is 17.4 Å². The van der Waals surface area contributed by atoms with Gasteiger partial charge < -0.3 is 30.1 Å². The number of nitrogens with one attached hydrogen (secondary N) is 2. The molecule has 2 fully saturated rings. The number of aliphatic hydroxyl groups is 1. The quantitative estimate of drug-likeness (QED) is 0.127. The van der Waals surface area contributed by atoms with Gasteiger partial charge in [-0.05, 0) is 59.0 Å². The number of ether oxygens (including phenoxy) is 2. The highest BCUT2D eigenvalue weighted by Gasteiger charge is 2.39. The van der Waals surface area contributed by atoms with Crippen LogP contribution in [-0.4, -0.2) is 66.3 Å². The number of nitrogens with zero attached hydrogens (tertiary/aromatic N) is 3. The van der Waals surface area contributed by atoms with Gasteiger partial charge in [-0.15, -0.1) is 0 Å². The molecular weight excluding hydrogens is 634 g/mol. The highest BCUT2D eigenvalue weighted by Crippen LogP contribution is 2.42. The van der Waals surface area contributed by atoms with Gasteiger partial charge in [0.25, 0.3) is 5.69 Å². The van der Waals surface area contributed by atoms with Gasteiger partial charge in [-0.3, -0.25) is 15.0 Å². The Morgan fingerprint density at radius 2 is 1.56 bits per heavy atom. The summed E-state index contributed by atoms with van der Waals surface area (Å²) >= 11 is 0. The van der Waals surface area contributed by atoms with Gasteiger partial charge in [-0.2, -0.15) is 0 Å². The third-order valence-corrected chi connectivity index (χ3v) is 9.57. The van der Waals surface area contributed by atoms with E-state index in [2.05, 4.69) is 51.6 Å². The maximum absolute atomic E-state index is 11.9. The summed E-state index contributed by atoms with van der Waals surface area (Å²) in [6, 6.07) is 30.9. The molecule has 4 aromatic rings. The third kappa shape index (κ3) is 8.48. The molecule has 0 saturated carbocycles. The van der Waals surface area contributed by atoms with E-state index in [1.54, 1.807) is 12.1 Å². The van der Waals surface area contributed by atoms with E-state index in [0.717, 1.165) is 71.8 Å². The van der Waals surface area contributed by atoms with Crippen molar-refractivity contribution in [3.05, 3.63) is 129 Å². The molecule has 11 nitrogen and oxygen atoms in total. The van der Waals surface area contributed by atoms with Crippen molar-refractivity contribution in [2.24, 2.45) is 5.92 Å². The summed E-state index contributed by atoms with van der Waals surface area (Å²) in [4.78, 5) is 27.4. The van der Waals surface area contributed by atoms with Crippen molar-refractivity contribution in [1.29, 1.82) is 0 Å². The largest absolute Gasteiger partial charge is 0.392 e. The lowest BCUT2D eigenvalue weighted by molar-refractivity contribution is -0.384. The second-order valence-electron chi connectivity index (χ2n) is 12.9.